The van der Waals surface area contributed by atoms with E-state index in [1.165, 1.54) is 6.21 Å². The molecule has 0 fully saturated rings. The Kier molecular flexibility index (Phi) is 3.93. The predicted octanol–water partition coefficient (Wildman–Crippen LogP) is 2.29. The molecule has 0 unspecified atom stereocenters. The smallest absolute Gasteiger partial charge is 0.0552 e. The summed E-state index contributed by atoms with van der Waals surface area (Å²) in [5.41, 5.74) is 0.0201. The topological polar surface area (TPSA) is 36.2 Å². The summed E-state index contributed by atoms with van der Waals surface area (Å²) in [5, 5.41) is 6.74. The molecule has 10 heavy (non-hydrogen) atoms. The highest BCUT2D eigenvalue weighted by Crippen LogP contribution is 2.14. The van der Waals surface area contributed by atoms with Crippen LogP contribution in [0.25, 0.3) is 0 Å². The van der Waals surface area contributed by atoms with Crippen molar-refractivity contribution in [3.63, 3.8) is 0 Å². The maximum absolute atomic E-state index is 6.74. The van der Waals surface area contributed by atoms with Crippen molar-refractivity contribution >= 4 is 12.4 Å². The van der Waals surface area contributed by atoms with Crippen molar-refractivity contribution in [3.8, 4) is 0 Å². The van der Waals surface area contributed by atoms with E-state index in [-0.39, 0.29) is 5.54 Å². The molecule has 0 aromatic carbocycles. The summed E-state index contributed by atoms with van der Waals surface area (Å²) < 4.78 is 0. The average Bonchev–Trinajstić information content (AvgIpc) is 1.84. The molecule has 0 saturated carbocycles. The molecule has 0 rings (SSSR count). The summed E-state index contributed by atoms with van der Waals surface area (Å²) in [6, 6.07) is 0. The lowest BCUT2D eigenvalue weighted by molar-refractivity contribution is 0.476. The van der Waals surface area contributed by atoms with E-state index in [0.29, 0.717) is 0 Å². The van der Waals surface area contributed by atoms with Crippen LogP contribution in [-0.2, 0) is 0 Å². The van der Waals surface area contributed by atoms with Gasteiger partial charge in [-0.2, -0.15) is 0 Å². The molecule has 2 nitrogen and oxygen atoms in total. The first-order chi connectivity index (χ1) is 4.62. The molecule has 58 valence electrons. The maximum Gasteiger partial charge on any atom is 0.0552 e. The van der Waals surface area contributed by atoms with Gasteiger partial charge >= 0.3 is 0 Å². The van der Waals surface area contributed by atoms with Crippen LogP contribution in [0.3, 0.4) is 0 Å². The predicted molar refractivity (Wildman–Crippen MR) is 46.3 cm³/mol. The molecule has 0 aliphatic rings. The van der Waals surface area contributed by atoms with Gasteiger partial charge in [-0.3, -0.25) is 4.99 Å². The van der Waals surface area contributed by atoms with Crippen molar-refractivity contribution < 1.29 is 0 Å². The summed E-state index contributed by atoms with van der Waals surface area (Å²) in [6.07, 6.45) is 4.99. The van der Waals surface area contributed by atoms with Gasteiger partial charge in [-0.05, 0) is 20.3 Å². The SMILES string of the molecule is CCCC(C)(C)N=CC=N. The Morgan fingerprint density at radius 2 is 2.10 bits per heavy atom. The molecule has 0 aliphatic heterocycles. The minimum atomic E-state index is 0.0201. The van der Waals surface area contributed by atoms with Crippen LogP contribution in [0.15, 0.2) is 4.99 Å². The summed E-state index contributed by atoms with van der Waals surface area (Å²) in [7, 11) is 0. The minimum absolute atomic E-state index is 0.0201. The Hall–Kier alpha value is -0.660. The van der Waals surface area contributed by atoms with E-state index in [0.717, 1.165) is 12.8 Å². The van der Waals surface area contributed by atoms with Crippen molar-refractivity contribution in [2.45, 2.75) is 39.2 Å². The standard InChI is InChI=1S/C8H16N2/c1-4-5-8(2,3)10-7-6-9/h6-7,9H,4-5H2,1-3H3. The summed E-state index contributed by atoms with van der Waals surface area (Å²) in [6.45, 7) is 6.30. The van der Waals surface area contributed by atoms with Crippen molar-refractivity contribution in [1.29, 1.82) is 5.41 Å². The second-order valence-corrected chi connectivity index (χ2v) is 3.01. The molecular weight excluding hydrogens is 124 g/mol. The lowest BCUT2D eigenvalue weighted by Gasteiger charge is -2.17. The number of hydrogen-bond donors (Lipinski definition) is 1. The zero-order valence-corrected chi connectivity index (χ0v) is 7.02. The zero-order chi connectivity index (χ0) is 8.04. The fourth-order valence-corrected chi connectivity index (χ4v) is 0.915. The molecule has 0 aliphatic carbocycles. The first-order valence-corrected chi connectivity index (χ1v) is 3.66. The van der Waals surface area contributed by atoms with Crippen LogP contribution in [0.1, 0.15) is 33.6 Å². The zero-order valence-electron chi connectivity index (χ0n) is 7.02. The molecule has 0 bridgehead atoms. The number of nitrogens with zero attached hydrogens (tertiary/aromatic N) is 1. The fraction of sp³-hybridized carbons (Fsp3) is 0.750. The normalized spacial score (nSPS) is 12.3. The van der Waals surface area contributed by atoms with Crippen molar-refractivity contribution in [3.05, 3.63) is 0 Å². The maximum atomic E-state index is 6.74. The Bertz CT molecular complexity index is 125. The van der Waals surface area contributed by atoms with E-state index < -0.39 is 0 Å². The average molecular weight is 140 g/mol. The van der Waals surface area contributed by atoms with Gasteiger partial charge in [-0.25, -0.2) is 0 Å². The number of aliphatic imine (C=N–C) groups is 1. The Morgan fingerprint density at radius 1 is 1.50 bits per heavy atom. The van der Waals surface area contributed by atoms with Crippen molar-refractivity contribution in [1.82, 2.24) is 0 Å². The van der Waals surface area contributed by atoms with E-state index in [1.807, 2.05) is 0 Å². The van der Waals surface area contributed by atoms with Crippen molar-refractivity contribution in [2.24, 2.45) is 4.99 Å². The molecule has 0 amide bonds. The van der Waals surface area contributed by atoms with Gasteiger partial charge in [0.1, 0.15) is 0 Å². The minimum Gasteiger partial charge on any atom is -0.307 e. The van der Waals surface area contributed by atoms with Crippen LogP contribution >= 0.6 is 0 Å². The highest BCUT2D eigenvalue weighted by molar-refractivity contribution is 6.14. The third-order valence-corrected chi connectivity index (χ3v) is 1.36. The van der Waals surface area contributed by atoms with E-state index >= 15 is 0 Å². The fourth-order valence-electron chi connectivity index (χ4n) is 0.915. The number of hydrogen-bond acceptors (Lipinski definition) is 2. The third kappa shape index (κ3) is 4.24. The van der Waals surface area contributed by atoms with E-state index in [2.05, 4.69) is 25.8 Å². The summed E-state index contributed by atoms with van der Waals surface area (Å²) in [4.78, 5) is 4.20. The first-order valence-electron chi connectivity index (χ1n) is 3.66. The van der Waals surface area contributed by atoms with Crippen LogP contribution in [0.4, 0.5) is 0 Å². The Morgan fingerprint density at radius 3 is 2.50 bits per heavy atom. The van der Waals surface area contributed by atoms with Crippen LogP contribution in [-0.4, -0.2) is 18.0 Å². The molecule has 0 saturated heterocycles. The van der Waals surface area contributed by atoms with Gasteiger partial charge in [0.25, 0.3) is 0 Å². The van der Waals surface area contributed by atoms with Crippen LogP contribution in [0.5, 0.6) is 0 Å². The lowest BCUT2D eigenvalue weighted by Crippen LogP contribution is -2.15. The van der Waals surface area contributed by atoms with Crippen LogP contribution in [0.2, 0.25) is 0 Å². The quantitative estimate of drug-likeness (QED) is 0.582. The van der Waals surface area contributed by atoms with Gasteiger partial charge in [0.05, 0.1) is 5.54 Å². The Labute approximate surface area is 62.9 Å². The van der Waals surface area contributed by atoms with Gasteiger partial charge in [-0.1, -0.05) is 13.3 Å². The molecule has 2 heteroatoms. The highest BCUT2D eigenvalue weighted by atomic mass is 14.8. The van der Waals surface area contributed by atoms with Crippen LogP contribution < -0.4 is 0 Å². The third-order valence-electron chi connectivity index (χ3n) is 1.36. The largest absolute Gasteiger partial charge is 0.307 e. The molecule has 0 aromatic rings. The van der Waals surface area contributed by atoms with Gasteiger partial charge in [-0.15, -0.1) is 0 Å². The van der Waals surface area contributed by atoms with E-state index in [9.17, 15) is 0 Å². The van der Waals surface area contributed by atoms with Crippen LogP contribution in [0, 0.1) is 5.41 Å². The van der Waals surface area contributed by atoms with E-state index in [1.54, 1.807) is 6.21 Å². The van der Waals surface area contributed by atoms with Gasteiger partial charge in [0.15, 0.2) is 0 Å². The van der Waals surface area contributed by atoms with Gasteiger partial charge < -0.3 is 5.41 Å². The second-order valence-electron chi connectivity index (χ2n) is 3.01. The lowest BCUT2D eigenvalue weighted by atomic mass is 10.0. The molecule has 0 aromatic heterocycles. The molecular formula is C8H16N2. The van der Waals surface area contributed by atoms with Crippen molar-refractivity contribution in [2.75, 3.05) is 0 Å². The molecule has 1 N–H and O–H groups in total. The molecule has 0 atom stereocenters. The number of nitrogens with one attached hydrogen (secondary N) is 1. The van der Waals surface area contributed by atoms with Gasteiger partial charge in [0, 0.05) is 12.4 Å². The second kappa shape index (κ2) is 4.20. The monoisotopic (exact) mass is 140 g/mol. The highest BCUT2D eigenvalue weighted by Gasteiger charge is 2.11. The molecule has 0 heterocycles. The molecule has 0 spiro atoms. The number of rotatable bonds is 4. The molecule has 0 radical (unpaired) electrons. The first kappa shape index (κ1) is 9.34. The van der Waals surface area contributed by atoms with Gasteiger partial charge in [0.2, 0.25) is 0 Å². The summed E-state index contributed by atoms with van der Waals surface area (Å²) in [5.74, 6) is 0. The Balaban J connectivity index is 3.84. The summed E-state index contributed by atoms with van der Waals surface area (Å²) >= 11 is 0. The van der Waals surface area contributed by atoms with E-state index in [4.69, 9.17) is 5.41 Å².